The summed E-state index contributed by atoms with van der Waals surface area (Å²) in [6.07, 6.45) is 69.2. The van der Waals surface area contributed by atoms with Crippen LogP contribution in [0.1, 0.15) is 361 Å². The summed E-state index contributed by atoms with van der Waals surface area (Å²) in [4.78, 5) is 38.3. The van der Waals surface area contributed by atoms with Gasteiger partial charge in [0.05, 0.1) is 0 Å². The van der Waals surface area contributed by atoms with E-state index in [1.807, 2.05) is 0 Å². The van der Waals surface area contributed by atoms with Crippen molar-refractivity contribution in [2.24, 2.45) is 0 Å². The number of unbranched alkanes of at least 4 members (excludes halogenated alkanes) is 46. The second-order valence-electron chi connectivity index (χ2n) is 21.7. The summed E-state index contributed by atoms with van der Waals surface area (Å²) in [5, 5.41) is 0. The predicted molar refractivity (Wildman–Crippen MR) is 303 cm³/mol. The van der Waals surface area contributed by atoms with Crippen molar-refractivity contribution in [3.05, 3.63) is 12.2 Å². The molecule has 0 radical (unpaired) electrons. The quantitative estimate of drug-likeness (QED) is 0.0261. The second-order valence-corrected chi connectivity index (χ2v) is 21.7. The molecule has 0 N–H and O–H groups in total. The number of hydrogen-bond acceptors (Lipinski definition) is 6. The molecule has 6 heteroatoms. The Bertz CT molecular complexity index is 1090. The summed E-state index contributed by atoms with van der Waals surface area (Å²) in [5.41, 5.74) is 0. The molecule has 0 aromatic rings. The standard InChI is InChI=1S/C64H122O6/c1-4-7-10-13-16-19-22-25-28-31-32-34-36-39-42-45-48-51-54-57-63(66)69-60-61(59-68-62(65)56-53-50-47-44-41-38-35-30-27-24-21-18-15-12-9-6-3)70-64(67)58-55-52-49-46-43-40-37-33-29-26-23-20-17-14-11-8-5-2/h25,28,61H,4-24,26-27,29-60H2,1-3H3/b28-25+/t61-/m1/s1. The molecule has 0 aromatic heterocycles. The van der Waals surface area contributed by atoms with Crippen LogP contribution < -0.4 is 0 Å². The van der Waals surface area contributed by atoms with Crippen molar-refractivity contribution in [3.8, 4) is 0 Å². The molecule has 0 fully saturated rings. The van der Waals surface area contributed by atoms with Gasteiger partial charge in [-0.05, 0) is 44.9 Å². The highest BCUT2D eigenvalue weighted by Crippen LogP contribution is 2.18. The lowest BCUT2D eigenvalue weighted by atomic mass is 10.0. The molecule has 70 heavy (non-hydrogen) atoms. The van der Waals surface area contributed by atoms with Gasteiger partial charge in [-0.3, -0.25) is 14.4 Å². The Hall–Kier alpha value is -1.85. The van der Waals surface area contributed by atoms with Crippen LogP contribution in [0.3, 0.4) is 0 Å². The highest BCUT2D eigenvalue weighted by molar-refractivity contribution is 5.71. The lowest BCUT2D eigenvalue weighted by Gasteiger charge is -2.18. The summed E-state index contributed by atoms with van der Waals surface area (Å²) < 4.78 is 17.0. The summed E-state index contributed by atoms with van der Waals surface area (Å²) in [6, 6.07) is 0. The smallest absolute Gasteiger partial charge is 0.306 e. The Morgan fingerprint density at radius 2 is 0.471 bits per heavy atom. The first-order chi connectivity index (χ1) is 34.5. The summed E-state index contributed by atoms with van der Waals surface area (Å²) in [6.45, 7) is 6.71. The van der Waals surface area contributed by atoms with Gasteiger partial charge in [-0.15, -0.1) is 0 Å². The zero-order valence-electron chi connectivity index (χ0n) is 47.6. The van der Waals surface area contributed by atoms with E-state index >= 15 is 0 Å². The third kappa shape index (κ3) is 57.1. The Morgan fingerprint density at radius 3 is 0.714 bits per heavy atom. The largest absolute Gasteiger partial charge is 0.462 e. The van der Waals surface area contributed by atoms with Gasteiger partial charge in [0.25, 0.3) is 0 Å². The molecular formula is C64H122O6. The van der Waals surface area contributed by atoms with E-state index in [-0.39, 0.29) is 31.1 Å². The van der Waals surface area contributed by atoms with Crippen LogP contribution in [-0.2, 0) is 28.6 Å². The van der Waals surface area contributed by atoms with E-state index in [2.05, 4.69) is 32.9 Å². The number of hydrogen-bond donors (Lipinski definition) is 0. The number of allylic oxidation sites excluding steroid dienone is 2. The number of rotatable bonds is 59. The van der Waals surface area contributed by atoms with Gasteiger partial charge in [-0.25, -0.2) is 0 Å². The average molecular weight is 988 g/mol. The minimum atomic E-state index is -0.766. The molecule has 0 rings (SSSR count). The molecule has 1 atom stereocenters. The minimum absolute atomic E-state index is 0.0638. The fourth-order valence-electron chi connectivity index (χ4n) is 9.74. The topological polar surface area (TPSA) is 78.9 Å². The average Bonchev–Trinajstić information content (AvgIpc) is 3.36. The fraction of sp³-hybridized carbons (Fsp3) is 0.922. The molecule has 6 nitrogen and oxygen atoms in total. The van der Waals surface area contributed by atoms with Gasteiger partial charge in [0.15, 0.2) is 6.10 Å². The van der Waals surface area contributed by atoms with Crippen molar-refractivity contribution in [3.63, 3.8) is 0 Å². The Balaban J connectivity index is 4.30. The van der Waals surface area contributed by atoms with Gasteiger partial charge >= 0.3 is 17.9 Å². The lowest BCUT2D eigenvalue weighted by Crippen LogP contribution is -2.30. The number of ether oxygens (including phenoxy) is 3. The van der Waals surface area contributed by atoms with Crippen LogP contribution in [-0.4, -0.2) is 37.2 Å². The highest BCUT2D eigenvalue weighted by atomic mass is 16.6. The van der Waals surface area contributed by atoms with Crippen molar-refractivity contribution in [2.45, 2.75) is 367 Å². The molecule has 0 saturated heterocycles. The van der Waals surface area contributed by atoms with E-state index in [4.69, 9.17) is 14.2 Å². The first-order valence-electron chi connectivity index (χ1n) is 31.7. The maximum atomic E-state index is 12.9. The maximum absolute atomic E-state index is 12.9. The minimum Gasteiger partial charge on any atom is -0.462 e. The molecule has 0 unspecified atom stereocenters. The van der Waals surface area contributed by atoms with Crippen LogP contribution in [0.5, 0.6) is 0 Å². The Morgan fingerprint density at radius 1 is 0.271 bits per heavy atom. The molecule has 0 aliphatic rings. The number of esters is 3. The van der Waals surface area contributed by atoms with Crippen molar-refractivity contribution in [1.29, 1.82) is 0 Å². The van der Waals surface area contributed by atoms with Crippen molar-refractivity contribution < 1.29 is 28.6 Å². The monoisotopic (exact) mass is 987 g/mol. The van der Waals surface area contributed by atoms with Gasteiger partial charge in [-0.2, -0.15) is 0 Å². The molecule has 0 heterocycles. The van der Waals surface area contributed by atoms with E-state index in [1.165, 1.54) is 263 Å². The normalized spacial score (nSPS) is 12.0. The second kappa shape index (κ2) is 59.7. The SMILES string of the molecule is CCCCCCCC/C=C/CCCCCCCCCCCC(=O)OC[C@@H](COC(=O)CCCCCCCCCCCCCCCCCC)OC(=O)CCCCCCCCCCCCCCCCCCC. The molecule has 0 spiro atoms. The molecular weight excluding hydrogens is 865 g/mol. The Kier molecular flexibility index (Phi) is 58.1. The fourth-order valence-corrected chi connectivity index (χ4v) is 9.74. The van der Waals surface area contributed by atoms with Crippen LogP contribution in [0.4, 0.5) is 0 Å². The molecule has 0 aliphatic carbocycles. The molecule has 0 aromatic carbocycles. The molecule has 0 saturated carbocycles. The van der Waals surface area contributed by atoms with Gasteiger partial charge in [0.1, 0.15) is 13.2 Å². The summed E-state index contributed by atoms with van der Waals surface area (Å²) in [7, 11) is 0. The van der Waals surface area contributed by atoms with Crippen molar-refractivity contribution in [1.82, 2.24) is 0 Å². The first-order valence-corrected chi connectivity index (χ1v) is 31.7. The zero-order chi connectivity index (χ0) is 50.7. The van der Waals surface area contributed by atoms with Crippen molar-refractivity contribution >= 4 is 17.9 Å². The van der Waals surface area contributed by atoms with E-state index < -0.39 is 6.10 Å². The maximum Gasteiger partial charge on any atom is 0.306 e. The van der Waals surface area contributed by atoms with E-state index in [1.54, 1.807) is 0 Å². The van der Waals surface area contributed by atoms with E-state index in [9.17, 15) is 14.4 Å². The van der Waals surface area contributed by atoms with E-state index in [0.717, 1.165) is 57.8 Å². The highest BCUT2D eigenvalue weighted by Gasteiger charge is 2.19. The van der Waals surface area contributed by atoms with Gasteiger partial charge in [0, 0.05) is 19.3 Å². The summed E-state index contributed by atoms with van der Waals surface area (Å²) >= 11 is 0. The molecule has 0 amide bonds. The van der Waals surface area contributed by atoms with Crippen LogP contribution in [0, 0.1) is 0 Å². The van der Waals surface area contributed by atoms with Crippen LogP contribution in [0.25, 0.3) is 0 Å². The van der Waals surface area contributed by atoms with Crippen molar-refractivity contribution in [2.75, 3.05) is 13.2 Å². The van der Waals surface area contributed by atoms with E-state index in [0.29, 0.717) is 19.3 Å². The summed E-state index contributed by atoms with van der Waals surface area (Å²) in [5.74, 6) is -0.835. The van der Waals surface area contributed by atoms with Crippen LogP contribution in [0.15, 0.2) is 12.2 Å². The Labute approximate surface area is 437 Å². The predicted octanol–water partition coefficient (Wildman–Crippen LogP) is 21.3. The molecule has 414 valence electrons. The lowest BCUT2D eigenvalue weighted by molar-refractivity contribution is -0.167. The number of carbonyl (C=O) groups is 3. The van der Waals surface area contributed by atoms with Crippen LogP contribution in [0.2, 0.25) is 0 Å². The molecule has 0 aliphatic heterocycles. The number of carbonyl (C=O) groups excluding carboxylic acids is 3. The van der Waals surface area contributed by atoms with Gasteiger partial charge in [-0.1, -0.05) is 309 Å². The first kappa shape index (κ1) is 68.2. The van der Waals surface area contributed by atoms with Crippen LogP contribution >= 0.6 is 0 Å². The molecule has 0 bridgehead atoms. The third-order valence-electron chi connectivity index (χ3n) is 14.5. The zero-order valence-corrected chi connectivity index (χ0v) is 47.6. The third-order valence-corrected chi connectivity index (χ3v) is 14.5. The van der Waals surface area contributed by atoms with Gasteiger partial charge < -0.3 is 14.2 Å². The van der Waals surface area contributed by atoms with Gasteiger partial charge in [0.2, 0.25) is 0 Å².